The van der Waals surface area contributed by atoms with E-state index in [2.05, 4.69) is 4.98 Å². The van der Waals surface area contributed by atoms with Gasteiger partial charge in [-0.05, 0) is 31.4 Å². The topological polar surface area (TPSA) is 139 Å². The summed E-state index contributed by atoms with van der Waals surface area (Å²) in [4.78, 5) is 31.1. The van der Waals surface area contributed by atoms with Crippen LogP contribution in [0.1, 0.15) is 49.3 Å². The first-order valence-electron chi connectivity index (χ1n) is 12.6. The smallest absolute Gasteiger partial charge is 0.339 e. The lowest BCUT2D eigenvalue weighted by Gasteiger charge is -2.37. The summed E-state index contributed by atoms with van der Waals surface area (Å²) in [6.45, 7) is 0.526. The molecule has 0 spiro atoms. The number of anilines is 1. The number of para-hydroxylation sites is 1. The Kier molecular flexibility index (Phi) is 7.65. The molecule has 11 nitrogen and oxygen atoms in total. The molecule has 208 valence electrons. The molecule has 0 unspecified atom stereocenters. The van der Waals surface area contributed by atoms with Gasteiger partial charge in [0.15, 0.2) is 0 Å². The molecule has 3 heterocycles. The lowest BCUT2D eigenvalue weighted by Crippen LogP contribution is -2.53. The summed E-state index contributed by atoms with van der Waals surface area (Å²) in [5.74, 6) is -0.671. The van der Waals surface area contributed by atoms with Crippen molar-refractivity contribution in [3.8, 4) is 16.5 Å². The van der Waals surface area contributed by atoms with Gasteiger partial charge in [-0.2, -0.15) is 0 Å². The normalized spacial score (nSPS) is 18.2. The average molecular weight is 576 g/mol. The predicted molar refractivity (Wildman–Crippen MR) is 143 cm³/mol. The summed E-state index contributed by atoms with van der Waals surface area (Å²) in [5.41, 5.74) is 1.03. The second-order valence-electron chi connectivity index (χ2n) is 9.45. The number of oxazole rings is 1. The molecule has 5 rings (SSSR count). The van der Waals surface area contributed by atoms with Crippen molar-refractivity contribution in [2.24, 2.45) is 0 Å². The molecule has 0 bridgehead atoms. The van der Waals surface area contributed by atoms with Gasteiger partial charge < -0.3 is 19.0 Å². The van der Waals surface area contributed by atoms with E-state index in [0.29, 0.717) is 26.1 Å². The highest BCUT2D eigenvalue weighted by Gasteiger charge is 2.47. The van der Waals surface area contributed by atoms with E-state index in [1.807, 2.05) is 18.2 Å². The van der Waals surface area contributed by atoms with Crippen molar-refractivity contribution in [1.29, 1.82) is 0 Å². The molecule has 13 heteroatoms. The van der Waals surface area contributed by atoms with Gasteiger partial charge in [-0.25, -0.2) is 22.5 Å². The molecular weight excluding hydrogens is 546 g/mol. The number of methoxy groups -OCH3 is 1. The van der Waals surface area contributed by atoms with E-state index >= 15 is 0 Å². The highest BCUT2D eigenvalue weighted by Crippen LogP contribution is 2.48. The first-order chi connectivity index (χ1) is 18.7. The molecule has 1 atom stereocenters. The lowest BCUT2D eigenvalue weighted by atomic mass is 9.97. The van der Waals surface area contributed by atoms with Crippen LogP contribution in [0.15, 0.2) is 46.0 Å². The number of fused-ring (bicyclic) bond motifs is 1. The van der Waals surface area contributed by atoms with Crippen molar-refractivity contribution in [2.75, 3.05) is 25.1 Å². The van der Waals surface area contributed by atoms with Crippen LogP contribution in [0.5, 0.6) is 5.75 Å². The van der Waals surface area contributed by atoms with E-state index in [9.17, 15) is 23.1 Å². The Labute approximate surface area is 230 Å². The largest absolute Gasteiger partial charge is 0.496 e. The van der Waals surface area contributed by atoms with Gasteiger partial charge in [0.1, 0.15) is 34.6 Å². The number of rotatable bonds is 9. The number of carbonyl (C=O) groups excluding carboxylic acids is 1. The number of carbonyl (C=O) groups is 2. The van der Waals surface area contributed by atoms with Crippen LogP contribution in [-0.4, -0.2) is 61.1 Å². The third-order valence-corrected chi connectivity index (χ3v) is 10.3. The fourth-order valence-corrected chi connectivity index (χ4v) is 8.40. The zero-order valence-electron chi connectivity index (χ0n) is 21.5. The molecule has 1 aliphatic heterocycles. The van der Waals surface area contributed by atoms with Gasteiger partial charge in [-0.3, -0.25) is 9.69 Å². The lowest BCUT2D eigenvalue weighted by molar-refractivity contribution is -0.136. The number of aromatic nitrogens is 1. The second kappa shape index (κ2) is 11.0. The molecule has 2 amide bonds. The standard InChI is InChI=1S/C26H29N3O8S2/c1-16-22(24-27-12-13-36-24)38-25-23(16)39(33,34)29(15-21(30)31)26(32)28(25)14-20(37-17-8-4-3-5-9-17)18-10-6-7-11-19(18)35-2/h6-7,10-13,17,20H,3-5,8-9,14-15H2,1-2H3,(H,30,31)/t20-/m0/s1. The van der Waals surface area contributed by atoms with Crippen molar-refractivity contribution >= 4 is 38.4 Å². The van der Waals surface area contributed by atoms with Gasteiger partial charge in [-0.15, -0.1) is 11.3 Å². The number of ether oxygens (including phenoxy) is 2. The number of nitrogens with zero attached hydrogens (tertiary/aromatic N) is 3. The fraction of sp³-hybridized carbons (Fsp3) is 0.423. The number of sulfonamides is 1. The molecule has 0 saturated heterocycles. The Hall–Kier alpha value is -3.42. The Bertz CT molecular complexity index is 1460. The fourth-order valence-electron chi connectivity index (χ4n) is 5.12. The second-order valence-corrected chi connectivity index (χ2v) is 12.3. The molecule has 3 aromatic rings. The molecular formula is C26H29N3O8S2. The van der Waals surface area contributed by atoms with Crippen LogP contribution in [0, 0.1) is 6.92 Å². The summed E-state index contributed by atoms with van der Waals surface area (Å²) < 4.78 is 45.2. The van der Waals surface area contributed by atoms with E-state index in [1.165, 1.54) is 17.4 Å². The van der Waals surface area contributed by atoms with Crippen molar-refractivity contribution in [3.63, 3.8) is 0 Å². The molecule has 39 heavy (non-hydrogen) atoms. The Morgan fingerprint density at radius 3 is 2.67 bits per heavy atom. The number of benzene rings is 1. The molecule has 0 radical (unpaired) electrons. The van der Waals surface area contributed by atoms with Crippen molar-refractivity contribution in [1.82, 2.24) is 9.29 Å². The van der Waals surface area contributed by atoms with Gasteiger partial charge in [-0.1, -0.05) is 37.5 Å². The molecule has 2 aliphatic rings. The molecule has 1 saturated carbocycles. The maximum absolute atomic E-state index is 13.8. The van der Waals surface area contributed by atoms with Crippen molar-refractivity contribution < 1.29 is 37.0 Å². The molecule has 1 fully saturated rings. The number of carboxylic acid groups (broad SMARTS) is 1. The summed E-state index contributed by atoms with van der Waals surface area (Å²) in [5, 5.41) is 9.64. The molecule has 1 aromatic carbocycles. The van der Waals surface area contributed by atoms with Crippen molar-refractivity contribution in [3.05, 3.63) is 47.9 Å². The number of carboxylic acids is 1. The number of amides is 2. The molecule has 1 N–H and O–H groups in total. The number of aliphatic carboxylic acids is 1. The van der Waals surface area contributed by atoms with E-state index < -0.39 is 34.7 Å². The highest BCUT2D eigenvalue weighted by molar-refractivity contribution is 7.90. The summed E-state index contributed by atoms with van der Waals surface area (Å²) in [6, 6.07) is 6.36. The summed E-state index contributed by atoms with van der Waals surface area (Å²) >= 11 is 1.06. The summed E-state index contributed by atoms with van der Waals surface area (Å²) in [7, 11) is -2.92. The SMILES string of the molecule is COc1ccccc1[C@H](CN1C(=O)N(CC(=O)O)S(=O)(=O)c2c1sc(-c1ncco1)c2C)OC1CCCCC1. The van der Waals surface area contributed by atoms with Crippen LogP contribution < -0.4 is 9.64 Å². The third-order valence-electron chi connectivity index (χ3n) is 6.96. The van der Waals surface area contributed by atoms with Crippen molar-refractivity contribution in [2.45, 2.75) is 56.1 Å². The van der Waals surface area contributed by atoms with Crippen LogP contribution >= 0.6 is 11.3 Å². The minimum atomic E-state index is -4.46. The number of urea groups is 1. The van der Waals surface area contributed by atoms with Gasteiger partial charge in [0, 0.05) is 5.56 Å². The minimum Gasteiger partial charge on any atom is -0.496 e. The van der Waals surface area contributed by atoms with Crippen LogP contribution in [0.2, 0.25) is 0 Å². The Morgan fingerprint density at radius 2 is 2.00 bits per heavy atom. The first-order valence-corrected chi connectivity index (χ1v) is 14.9. The van der Waals surface area contributed by atoms with Gasteiger partial charge in [0.2, 0.25) is 5.89 Å². The zero-order valence-corrected chi connectivity index (χ0v) is 23.2. The van der Waals surface area contributed by atoms with Crippen LogP contribution in [0.3, 0.4) is 0 Å². The van der Waals surface area contributed by atoms with Gasteiger partial charge in [0.05, 0.1) is 30.8 Å². The van der Waals surface area contributed by atoms with E-state index in [1.54, 1.807) is 20.1 Å². The van der Waals surface area contributed by atoms with Crippen LogP contribution in [-0.2, 0) is 19.6 Å². The average Bonchev–Trinajstić information content (AvgIpc) is 3.57. The third kappa shape index (κ3) is 5.13. The van der Waals surface area contributed by atoms with E-state index in [0.717, 1.165) is 43.4 Å². The zero-order chi connectivity index (χ0) is 27.7. The van der Waals surface area contributed by atoms with E-state index in [4.69, 9.17) is 13.9 Å². The Morgan fingerprint density at radius 1 is 1.26 bits per heavy atom. The number of hydrogen-bond donors (Lipinski definition) is 1. The van der Waals surface area contributed by atoms with Crippen LogP contribution in [0.25, 0.3) is 10.8 Å². The van der Waals surface area contributed by atoms with Gasteiger partial charge >= 0.3 is 12.0 Å². The maximum atomic E-state index is 13.8. The highest BCUT2D eigenvalue weighted by atomic mass is 32.2. The molecule has 2 aromatic heterocycles. The van der Waals surface area contributed by atoms with E-state index in [-0.39, 0.29) is 28.4 Å². The van der Waals surface area contributed by atoms with Crippen LogP contribution in [0.4, 0.5) is 9.80 Å². The monoisotopic (exact) mass is 575 g/mol. The molecule has 1 aliphatic carbocycles. The predicted octanol–water partition coefficient (Wildman–Crippen LogP) is 4.83. The Balaban J connectivity index is 1.63. The summed E-state index contributed by atoms with van der Waals surface area (Å²) in [6.07, 6.45) is 7.05. The quantitative estimate of drug-likeness (QED) is 0.380. The minimum absolute atomic E-state index is 0.0418. The number of hydrogen-bond acceptors (Lipinski definition) is 9. The first kappa shape index (κ1) is 27.2. The maximum Gasteiger partial charge on any atom is 0.339 e. The number of thiophene rings is 1. The van der Waals surface area contributed by atoms with Gasteiger partial charge in [0.25, 0.3) is 10.0 Å².